The predicted molar refractivity (Wildman–Crippen MR) is 132 cm³/mol. The molecule has 1 saturated heterocycles. The molecule has 2 aromatic carbocycles. The maximum absolute atomic E-state index is 12.2. The van der Waals surface area contributed by atoms with E-state index < -0.39 is 5.97 Å². The summed E-state index contributed by atoms with van der Waals surface area (Å²) in [5.74, 6) is -0.0917. The Morgan fingerprint density at radius 2 is 1.97 bits per heavy atom. The standard InChI is InChI=1S/C25H25Cl2N5O2/c1-2-34-25(33)24-29-9-10-31(24)13-11-30-12-14-32(22-8-3-18(16-28)15-21(22)27)23(17-30)19-4-6-20(26)7-5-19/h3-10,15,23H,2,11-14,17H2,1H3/t23-/m0/s1. The minimum atomic E-state index is -0.410. The molecule has 2 heterocycles. The van der Waals surface area contributed by atoms with Gasteiger partial charge < -0.3 is 14.2 Å². The molecule has 0 bridgehead atoms. The summed E-state index contributed by atoms with van der Waals surface area (Å²) in [4.78, 5) is 21.0. The summed E-state index contributed by atoms with van der Waals surface area (Å²) < 4.78 is 6.94. The van der Waals surface area contributed by atoms with E-state index in [0.29, 0.717) is 34.6 Å². The van der Waals surface area contributed by atoms with Crippen LogP contribution in [-0.4, -0.2) is 53.2 Å². The average Bonchev–Trinajstić information content (AvgIpc) is 3.32. The van der Waals surface area contributed by atoms with Gasteiger partial charge in [-0.3, -0.25) is 4.90 Å². The van der Waals surface area contributed by atoms with Crippen molar-refractivity contribution >= 4 is 34.9 Å². The lowest BCUT2D eigenvalue weighted by atomic mass is 10.0. The number of aromatic nitrogens is 2. The van der Waals surface area contributed by atoms with E-state index in [0.717, 1.165) is 37.4 Å². The highest BCUT2D eigenvalue weighted by atomic mass is 35.5. The van der Waals surface area contributed by atoms with Gasteiger partial charge in [-0.2, -0.15) is 5.26 Å². The van der Waals surface area contributed by atoms with E-state index >= 15 is 0 Å². The van der Waals surface area contributed by atoms with Gasteiger partial charge in [0.15, 0.2) is 0 Å². The third-order valence-corrected chi connectivity index (χ3v) is 6.49. The number of hydrogen-bond acceptors (Lipinski definition) is 6. The summed E-state index contributed by atoms with van der Waals surface area (Å²) in [7, 11) is 0. The van der Waals surface area contributed by atoms with E-state index in [1.807, 2.05) is 34.9 Å². The Morgan fingerprint density at radius 3 is 2.68 bits per heavy atom. The summed E-state index contributed by atoms with van der Waals surface area (Å²) in [5, 5.41) is 10.4. The SMILES string of the molecule is CCOC(=O)c1nccn1CCN1CCN(c2ccc(C#N)cc2Cl)[C@H](c2ccc(Cl)cc2)C1. The van der Waals surface area contributed by atoms with E-state index in [-0.39, 0.29) is 6.04 Å². The Balaban J connectivity index is 1.53. The molecule has 0 amide bonds. The molecular weight excluding hydrogens is 473 g/mol. The Bertz CT molecular complexity index is 1190. The van der Waals surface area contributed by atoms with Crippen molar-refractivity contribution in [2.24, 2.45) is 0 Å². The molecule has 9 heteroatoms. The number of carbonyl (C=O) groups excluding carboxylic acids is 1. The van der Waals surface area contributed by atoms with Crippen LogP contribution in [0, 0.1) is 11.3 Å². The number of piperazine rings is 1. The lowest BCUT2D eigenvalue weighted by molar-refractivity contribution is 0.0505. The number of hydrogen-bond donors (Lipinski definition) is 0. The number of ether oxygens (including phenoxy) is 1. The van der Waals surface area contributed by atoms with Crippen molar-refractivity contribution in [3.8, 4) is 6.07 Å². The number of benzene rings is 2. The monoisotopic (exact) mass is 497 g/mol. The molecule has 0 aliphatic carbocycles. The van der Waals surface area contributed by atoms with Gasteiger partial charge in [0.2, 0.25) is 5.82 Å². The number of anilines is 1. The zero-order chi connectivity index (χ0) is 24.1. The molecule has 7 nitrogen and oxygen atoms in total. The third kappa shape index (κ3) is 5.36. The van der Waals surface area contributed by atoms with Gasteiger partial charge in [-0.1, -0.05) is 35.3 Å². The van der Waals surface area contributed by atoms with E-state index in [2.05, 4.69) is 20.9 Å². The van der Waals surface area contributed by atoms with Crippen LogP contribution in [0.5, 0.6) is 0 Å². The molecule has 1 aliphatic rings. The molecule has 0 spiro atoms. The average molecular weight is 498 g/mol. The summed E-state index contributed by atoms with van der Waals surface area (Å²) in [6.07, 6.45) is 3.42. The Kier molecular flexibility index (Phi) is 7.73. The van der Waals surface area contributed by atoms with Crippen LogP contribution in [0.3, 0.4) is 0 Å². The fraction of sp³-hybridized carbons (Fsp3) is 0.320. The van der Waals surface area contributed by atoms with Gasteiger partial charge in [0.25, 0.3) is 0 Å². The third-order valence-electron chi connectivity index (χ3n) is 5.94. The van der Waals surface area contributed by atoms with Crippen molar-refractivity contribution in [1.82, 2.24) is 14.5 Å². The second-order valence-corrected chi connectivity index (χ2v) is 8.85. The molecular formula is C25H25Cl2N5O2. The topological polar surface area (TPSA) is 74.4 Å². The number of nitrogens with zero attached hydrogens (tertiary/aromatic N) is 5. The van der Waals surface area contributed by atoms with Crippen LogP contribution >= 0.6 is 23.2 Å². The normalized spacial score (nSPS) is 16.3. The molecule has 4 rings (SSSR count). The number of carbonyl (C=O) groups is 1. The largest absolute Gasteiger partial charge is 0.460 e. The fourth-order valence-corrected chi connectivity index (χ4v) is 4.65. The molecule has 34 heavy (non-hydrogen) atoms. The van der Waals surface area contributed by atoms with Crippen molar-refractivity contribution in [3.63, 3.8) is 0 Å². The van der Waals surface area contributed by atoms with Gasteiger partial charge in [0.05, 0.1) is 35.0 Å². The number of imidazole rings is 1. The Labute approximate surface area is 209 Å². The second kappa shape index (κ2) is 10.9. The predicted octanol–water partition coefficient (Wildman–Crippen LogP) is 4.80. The molecule has 1 fully saturated rings. The molecule has 0 radical (unpaired) electrons. The summed E-state index contributed by atoms with van der Waals surface area (Å²) in [6, 6.07) is 15.5. The van der Waals surface area contributed by atoms with Gasteiger partial charge in [0, 0.05) is 50.1 Å². The van der Waals surface area contributed by atoms with E-state index in [1.165, 1.54) is 0 Å². The second-order valence-electron chi connectivity index (χ2n) is 8.00. The van der Waals surface area contributed by atoms with Crippen LogP contribution in [0.2, 0.25) is 10.0 Å². The molecule has 0 N–H and O–H groups in total. The van der Waals surface area contributed by atoms with Gasteiger partial charge >= 0.3 is 5.97 Å². The maximum atomic E-state index is 12.2. The lowest BCUT2D eigenvalue weighted by Gasteiger charge is -2.43. The van der Waals surface area contributed by atoms with Crippen LogP contribution < -0.4 is 4.90 Å². The zero-order valence-electron chi connectivity index (χ0n) is 18.8. The van der Waals surface area contributed by atoms with Crippen LogP contribution in [0.25, 0.3) is 0 Å². The molecule has 0 unspecified atom stereocenters. The first-order valence-corrected chi connectivity index (χ1v) is 11.9. The number of rotatable bonds is 7. The molecule has 0 saturated carbocycles. The van der Waals surface area contributed by atoms with Gasteiger partial charge in [0.1, 0.15) is 0 Å². The smallest absolute Gasteiger partial charge is 0.374 e. The van der Waals surface area contributed by atoms with Crippen LogP contribution in [-0.2, 0) is 11.3 Å². The number of halogens is 2. The van der Waals surface area contributed by atoms with E-state index in [4.69, 9.17) is 27.9 Å². The molecule has 176 valence electrons. The maximum Gasteiger partial charge on any atom is 0.374 e. The van der Waals surface area contributed by atoms with Crippen molar-refractivity contribution in [1.29, 1.82) is 5.26 Å². The highest BCUT2D eigenvalue weighted by molar-refractivity contribution is 6.33. The van der Waals surface area contributed by atoms with Crippen LogP contribution in [0.4, 0.5) is 5.69 Å². The van der Waals surface area contributed by atoms with Crippen molar-refractivity contribution in [3.05, 3.63) is 81.9 Å². The quantitative estimate of drug-likeness (QED) is 0.436. The first-order chi connectivity index (χ1) is 16.5. The minimum absolute atomic E-state index is 0.0452. The van der Waals surface area contributed by atoms with Gasteiger partial charge in [-0.15, -0.1) is 0 Å². The molecule has 1 aromatic heterocycles. The van der Waals surface area contributed by atoms with Crippen molar-refractivity contribution in [2.75, 3.05) is 37.7 Å². The highest BCUT2D eigenvalue weighted by Gasteiger charge is 2.30. The van der Waals surface area contributed by atoms with Crippen LogP contribution in [0.1, 0.15) is 34.7 Å². The first-order valence-electron chi connectivity index (χ1n) is 11.1. The number of nitriles is 1. The molecule has 3 aromatic rings. The summed E-state index contributed by atoms with van der Waals surface area (Å²) >= 11 is 12.7. The Morgan fingerprint density at radius 1 is 1.18 bits per heavy atom. The van der Waals surface area contributed by atoms with E-state index in [9.17, 15) is 10.1 Å². The highest BCUT2D eigenvalue weighted by Crippen LogP contribution is 2.36. The number of esters is 1. The zero-order valence-corrected chi connectivity index (χ0v) is 20.3. The van der Waals surface area contributed by atoms with Gasteiger partial charge in [-0.25, -0.2) is 9.78 Å². The first kappa shape index (κ1) is 24.1. The van der Waals surface area contributed by atoms with E-state index in [1.54, 1.807) is 31.5 Å². The van der Waals surface area contributed by atoms with Crippen molar-refractivity contribution < 1.29 is 9.53 Å². The Hall–Kier alpha value is -3.05. The molecule has 1 atom stereocenters. The van der Waals surface area contributed by atoms with Crippen molar-refractivity contribution in [2.45, 2.75) is 19.5 Å². The summed E-state index contributed by atoms with van der Waals surface area (Å²) in [6.45, 7) is 5.82. The van der Waals surface area contributed by atoms with Crippen LogP contribution in [0.15, 0.2) is 54.9 Å². The molecule has 1 aliphatic heterocycles. The minimum Gasteiger partial charge on any atom is -0.460 e. The fourth-order valence-electron chi connectivity index (χ4n) is 4.23. The summed E-state index contributed by atoms with van der Waals surface area (Å²) in [5.41, 5.74) is 2.57. The lowest BCUT2D eigenvalue weighted by Crippen LogP contribution is -2.49. The van der Waals surface area contributed by atoms with Gasteiger partial charge in [-0.05, 0) is 42.8 Å².